The van der Waals surface area contributed by atoms with Gasteiger partial charge in [0.15, 0.2) is 0 Å². The van der Waals surface area contributed by atoms with Crippen LogP contribution in [0.5, 0.6) is 0 Å². The van der Waals surface area contributed by atoms with Crippen LogP contribution in [0.1, 0.15) is 26.2 Å². The Balaban J connectivity index is 1.55. The summed E-state index contributed by atoms with van der Waals surface area (Å²) >= 11 is 0. The molecule has 1 saturated carbocycles. The normalized spacial score (nSPS) is 40.9. The van der Waals surface area contributed by atoms with Gasteiger partial charge in [-0.2, -0.15) is 0 Å². The van der Waals surface area contributed by atoms with Crippen molar-refractivity contribution >= 4 is 0 Å². The third-order valence-electron chi connectivity index (χ3n) is 4.65. The van der Waals surface area contributed by atoms with E-state index < -0.39 is 0 Å². The van der Waals surface area contributed by atoms with Crippen molar-refractivity contribution in [3.05, 3.63) is 0 Å². The van der Waals surface area contributed by atoms with Gasteiger partial charge in [0.1, 0.15) is 0 Å². The first-order valence-electron chi connectivity index (χ1n) is 6.29. The van der Waals surface area contributed by atoms with E-state index in [0.717, 1.165) is 23.8 Å². The van der Waals surface area contributed by atoms with Gasteiger partial charge in [0.25, 0.3) is 0 Å². The predicted octanol–water partition coefficient (Wildman–Crippen LogP) is 1.33. The Bertz CT molecular complexity index is 198. The van der Waals surface area contributed by atoms with Crippen molar-refractivity contribution in [2.24, 2.45) is 17.8 Å². The van der Waals surface area contributed by atoms with Crippen LogP contribution in [0.3, 0.4) is 0 Å². The van der Waals surface area contributed by atoms with Gasteiger partial charge in [-0.15, -0.1) is 0 Å². The van der Waals surface area contributed by atoms with Crippen LogP contribution in [-0.4, -0.2) is 37.1 Å². The molecular weight excluding hydrogens is 172 g/mol. The predicted molar refractivity (Wildman–Crippen MR) is 58.2 cm³/mol. The van der Waals surface area contributed by atoms with Crippen molar-refractivity contribution in [1.82, 2.24) is 10.2 Å². The molecule has 14 heavy (non-hydrogen) atoms. The second-order valence-corrected chi connectivity index (χ2v) is 5.54. The van der Waals surface area contributed by atoms with Crippen LogP contribution >= 0.6 is 0 Å². The lowest BCUT2D eigenvalue weighted by Gasteiger charge is -2.35. The fraction of sp³-hybridized carbons (Fsp3) is 1.00. The molecule has 3 atom stereocenters. The number of nitrogens with zero attached hydrogens (tertiary/aromatic N) is 1. The minimum atomic E-state index is 0.852. The highest BCUT2D eigenvalue weighted by atomic mass is 15.2. The van der Waals surface area contributed by atoms with Crippen LogP contribution in [0.2, 0.25) is 0 Å². The molecule has 0 aromatic carbocycles. The van der Waals surface area contributed by atoms with E-state index in [9.17, 15) is 0 Å². The summed E-state index contributed by atoms with van der Waals surface area (Å²) < 4.78 is 0. The summed E-state index contributed by atoms with van der Waals surface area (Å²) in [6.45, 7) is 7.78. The van der Waals surface area contributed by atoms with Crippen molar-refractivity contribution < 1.29 is 0 Å². The van der Waals surface area contributed by atoms with E-state index in [4.69, 9.17) is 0 Å². The Morgan fingerprint density at radius 3 is 2.43 bits per heavy atom. The van der Waals surface area contributed by atoms with E-state index in [0.29, 0.717) is 0 Å². The first kappa shape index (κ1) is 9.17. The lowest BCUT2D eigenvalue weighted by atomic mass is 9.90. The average Bonchev–Trinajstić information content (AvgIpc) is 2.86. The minimum absolute atomic E-state index is 0.852. The zero-order chi connectivity index (χ0) is 9.54. The van der Waals surface area contributed by atoms with Gasteiger partial charge in [0.05, 0.1) is 0 Å². The Labute approximate surface area is 87.0 Å². The highest BCUT2D eigenvalue weighted by Crippen LogP contribution is 2.46. The Morgan fingerprint density at radius 2 is 1.79 bits per heavy atom. The van der Waals surface area contributed by atoms with Crippen molar-refractivity contribution in [2.75, 3.05) is 26.2 Å². The molecule has 1 aliphatic carbocycles. The van der Waals surface area contributed by atoms with Crippen LogP contribution < -0.4 is 5.32 Å². The van der Waals surface area contributed by atoms with Crippen molar-refractivity contribution in [1.29, 1.82) is 0 Å². The Hall–Kier alpha value is -0.0800. The first-order valence-corrected chi connectivity index (χ1v) is 6.29. The summed E-state index contributed by atoms with van der Waals surface area (Å²) in [7, 11) is 0. The Morgan fingerprint density at radius 1 is 1.14 bits per heavy atom. The smallest absolute Gasteiger partial charge is 0.00963 e. The zero-order valence-electron chi connectivity index (χ0n) is 9.21. The van der Waals surface area contributed by atoms with Gasteiger partial charge in [0, 0.05) is 19.1 Å². The van der Waals surface area contributed by atoms with E-state index in [-0.39, 0.29) is 0 Å². The van der Waals surface area contributed by atoms with Crippen molar-refractivity contribution in [3.63, 3.8) is 0 Å². The van der Waals surface area contributed by atoms with E-state index in [2.05, 4.69) is 17.1 Å². The third-order valence-corrected chi connectivity index (χ3v) is 4.65. The largest absolute Gasteiger partial charge is 0.317 e. The summed E-state index contributed by atoms with van der Waals surface area (Å²) in [5, 5.41) is 3.46. The molecule has 0 spiro atoms. The molecule has 0 aromatic rings. The third kappa shape index (κ3) is 1.59. The molecule has 0 bridgehead atoms. The van der Waals surface area contributed by atoms with E-state index in [1.165, 1.54) is 45.4 Å². The number of fused-ring (bicyclic) bond motifs is 1. The van der Waals surface area contributed by atoms with Crippen LogP contribution in [-0.2, 0) is 0 Å². The van der Waals surface area contributed by atoms with Crippen molar-refractivity contribution in [3.8, 4) is 0 Å². The summed E-state index contributed by atoms with van der Waals surface area (Å²) in [6.07, 6.45) is 4.33. The van der Waals surface area contributed by atoms with E-state index in [1.54, 1.807) is 0 Å². The molecule has 3 rings (SSSR count). The van der Waals surface area contributed by atoms with E-state index >= 15 is 0 Å². The monoisotopic (exact) mass is 194 g/mol. The van der Waals surface area contributed by atoms with Crippen LogP contribution in [0.15, 0.2) is 0 Å². The zero-order valence-corrected chi connectivity index (χ0v) is 9.21. The van der Waals surface area contributed by atoms with Gasteiger partial charge in [0.2, 0.25) is 0 Å². The van der Waals surface area contributed by atoms with Gasteiger partial charge in [-0.05, 0) is 57.0 Å². The fourth-order valence-corrected chi connectivity index (χ4v) is 3.39. The number of rotatable bonds is 2. The molecule has 2 nitrogen and oxygen atoms in total. The molecule has 2 heterocycles. The van der Waals surface area contributed by atoms with Crippen LogP contribution in [0, 0.1) is 17.8 Å². The molecule has 80 valence electrons. The van der Waals surface area contributed by atoms with Crippen LogP contribution in [0.25, 0.3) is 0 Å². The minimum Gasteiger partial charge on any atom is -0.317 e. The van der Waals surface area contributed by atoms with Gasteiger partial charge in [-0.3, -0.25) is 4.90 Å². The number of likely N-dealkylation sites (tertiary alicyclic amines) is 1. The number of piperidine rings is 2. The maximum atomic E-state index is 3.46. The number of hydrogen-bond acceptors (Lipinski definition) is 2. The summed E-state index contributed by atoms with van der Waals surface area (Å²) in [5.41, 5.74) is 0. The second kappa shape index (κ2) is 3.49. The molecule has 2 saturated heterocycles. The Kier molecular flexibility index (Phi) is 2.29. The molecule has 2 aliphatic heterocycles. The van der Waals surface area contributed by atoms with Gasteiger partial charge < -0.3 is 5.32 Å². The maximum Gasteiger partial charge on any atom is 0.00963 e. The fourth-order valence-electron chi connectivity index (χ4n) is 3.39. The standard InChI is InChI=1S/C12H22N2/c1-9(10-2-4-13-5-3-10)14-7-11-6-12(11)8-14/h9-13H,2-8H2,1H3. The number of nitrogens with one attached hydrogen (secondary N) is 1. The molecule has 0 radical (unpaired) electrons. The lowest BCUT2D eigenvalue weighted by Crippen LogP contribution is -2.42. The molecule has 3 fully saturated rings. The van der Waals surface area contributed by atoms with Gasteiger partial charge >= 0.3 is 0 Å². The van der Waals surface area contributed by atoms with Gasteiger partial charge in [-0.25, -0.2) is 0 Å². The topological polar surface area (TPSA) is 15.3 Å². The molecule has 3 aliphatic rings. The maximum absolute atomic E-state index is 3.46. The molecule has 2 heteroatoms. The second-order valence-electron chi connectivity index (χ2n) is 5.54. The molecule has 3 unspecified atom stereocenters. The molecule has 1 N–H and O–H groups in total. The molecular formula is C12H22N2. The quantitative estimate of drug-likeness (QED) is 0.713. The SMILES string of the molecule is CC(C1CCNCC1)N1CC2CC2C1. The summed E-state index contributed by atoms with van der Waals surface area (Å²) in [4.78, 5) is 2.76. The highest BCUT2D eigenvalue weighted by Gasteiger charge is 2.46. The summed E-state index contributed by atoms with van der Waals surface area (Å²) in [6, 6.07) is 0.852. The van der Waals surface area contributed by atoms with Gasteiger partial charge in [-0.1, -0.05) is 0 Å². The van der Waals surface area contributed by atoms with Crippen molar-refractivity contribution in [2.45, 2.75) is 32.2 Å². The highest BCUT2D eigenvalue weighted by molar-refractivity contribution is 4.99. The first-order chi connectivity index (χ1) is 6.84. The lowest BCUT2D eigenvalue weighted by molar-refractivity contribution is 0.148. The summed E-state index contributed by atoms with van der Waals surface area (Å²) in [5.74, 6) is 3.16. The molecule has 0 amide bonds. The van der Waals surface area contributed by atoms with Crippen LogP contribution in [0.4, 0.5) is 0 Å². The number of hydrogen-bond donors (Lipinski definition) is 1. The molecule has 0 aromatic heterocycles. The van der Waals surface area contributed by atoms with E-state index in [1.807, 2.05) is 0 Å². The average molecular weight is 194 g/mol.